The molecule has 0 unspecified atom stereocenters. The highest BCUT2D eigenvalue weighted by molar-refractivity contribution is 8.02. The maximum Gasteiger partial charge on any atom is 0.174 e. The first-order valence-corrected chi connectivity index (χ1v) is 6.04. The number of allylic oxidation sites excluding steroid dienone is 2. The Balaban J connectivity index is 3.21. The summed E-state index contributed by atoms with van der Waals surface area (Å²) in [6, 6.07) is 4.03. The highest BCUT2D eigenvalue weighted by Gasteiger charge is 2.07. The molecule has 0 atom stereocenters. The number of thioether (sulfide) groups is 1. The predicted octanol–water partition coefficient (Wildman–Crippen LogP) is 2.92. The Morgan fingerprint density at radius 1 is 1.62 bits per heavy atom. The van der Waals surface area contributed by atoms with Crippen LogP contribution in [0.2, 0.25) is 0 Å². The lowest BCUT2D eigenvalue weighted by Crippen LogP contribution is -1.94. The monoisotopic (exact) mass is 236 g/mol. The summed E-state index contributed by atoms with van der Waals surface area (Å²) in [5, 5.41) is 0.888. The van der Waals surface area contributed by atoms with Crippen molar-refractivity contribution >= 4 is 23.7 Å². The number of nitrogens with zero attached hydrogens (tertiary/aromatic N) is 2. The van der Waals surface area contributed by atoms with E-state index in [-0.39, 0.29) is 0 Å². The van der Waals surface area contributed by atoms with Crippen LogP contribution >= 0.6 is 11.8 Å². The molecule has 1 aromatic heterocycles. The number of aryl methyl sites for hydroxylation is 1. The van der Waals surface area contributed by atoms with Gasteiger partial charge in [-0.1, -0.05) is 12.7 Å². The zero-order valence-electron chi connectivity index (χ0n) is 9.80. The molecule has 0 spiro atoms. The van der Waals surface area contributed by atoms with Crippen LogP contribution in [0.15, 0.2) is 41.0 Å². The average molecular weight is 236 g/mol. The molecule has 0 aromatic carbocycles. The molecule has 0 bridgehead atoms. The minimum Gasteiger partial charge on any atom is -0.486 e. The van der Waals surface area contributed by atoms with Crippen LogP contribution in [0.25, 0.3) is 5.57 Å². The van der Waals surface area contributed by atoms with E-state index in [2.05, 4.69) is 11.6 Å². The average Bonchev–Trinajstić information content (AvgIpc) is 2.71. The van der Waals surface area contributed by atoms with E-state index in [4.69, 9.17) is 4.74 Å². The minimum absolute atomic E-state index is 0.888. The molecule has 4 heteroatoms. The number of aliphatic imine (C=N–C) groups is 1. The molecule has 0 saturated heterocycles. The van der Waals surface area contributed by atoms with Gasteiger partial charge in [0.05, 0.1) is 12.8 Å². The molecule has 3 nitrogen and oxygen atoms in total. The van der Waals surface area contributed by atoms with Gasteiger partial charge >= 0.3 is 0 Å². The molecule has 1 heterocycles. The largest absolute Gasteiger partial charge is 0.486 e. The Kier molecular flexibility index (Phi) is 4.92. The normalized spacial score (nSPS) is 12.7. The standard InChI is InChI=1S/C12H16N2OS/c1-5-10(11-7-6-8-14(11)2)12(16-4)13-9-15-3/h5-9H,1H2,2-4H3. The minimum atomic E-state index is 0.888. The quantitative estimate of drug-likeness (QED) is 0.446. The SMILES string of the molecule is C=CC(=C(N=COC)SC)c1cccn1C. The van der Waals surface area contributed by atoms with E-state index in [0.717, 1.165) is 16.3 Å². The Hall–Kier alpha value is -1.42. The molecule has 0 fully saturated rings. The van der Waals surface area contributed by atoms with Gasteiger partial charge in [-0.15, -0.1) is 11.8 Å². The highest BCUT2D eigenvalue weighted by atomic mass is 32.2. The third-order valence-electron chi connectivity index (χ3n) is 2.12. The molecular weight excluding hydrogens is 220 g/mol. The number of methoxy groups -OCH3 is 1. The Morgan fingerprint density at radius 2 is 2.38 bits per heavy atom. The third-order valence-corrected chi connectivity index (χ3v) is 2.83. The number of aromatic nitrogens is 1. The fourth-order valence-corrected chi connectivity index (χ4v) is 1.93. The van der Waals surface area contributed by atoms with Gasteiger partial charge in [0.2, 0.25) is 0 Å². The fraction of sp³-hybridized carbons (Fsp3) is 0.250. The zero-order valence-corrected chi connectivity index (χ0v) is 10.6. The molecule has 0 aliphatic heterocycles. The van der Waals surface area contributed by atoms with E-state index in [9.17, 15) is 0 Å². The van der Waals surface area contributed by atoms with Crippen LogP contribution in [0.5, 0.6) is 0 Å². The van der Waals surface area contributed by atoms with Crippen LogP contribution < -0.4 is 0 Å². The topological polar surface area (TPSA) is 26.5 Å². The summed E-state index contributed by atoms with van der Waals surface area (Å²) in [5.74, 6) is 0. The van der Waals surface area contributed by atoms with Crippen molar-refractivity contribution in [2.24, 2.45) is 12.0 Å². The van der Waals surface area contributed by atoms with Gasteiger partial charge in [0.15, 0.2) is 6.40 Å². The summed E-state index contributed by atoms with van der Waals surface area (Å²) in [4.78, 5) is 4.24. The van der Waals surface area contributed by atoms with Gasteiger partial charge in [0.1, 0.15) is 5.03 Å². The first-order chi connectivity index (χ1) is 7.74. The van der Waals surface area contributed by atoms with E-state index in [1.54, 1.807) is 18.9 Å². The Morgan fingerprint density at radius 3 is 2.81 bits per heavy atom. The maximum atomic E-state index is 4.84. The molecule has 0 N–H and O–H groups in total. The smallest absolute Gasteiger partial charge is 0.174 e. The van der Waals surface area contributed by atoms with E-state index < -0.39 is 0 Å². The van der Waals surface area contributed by atoms with Gasteiger partial charge in [-0.3, -0.25) is 0 Å². The van der Waals surface area contributed by atoms with Crippen molar-refractivity contribution in [3.63, 3.8) is 0 Å². The molecule has 0 aliphatic rings. The fourth-order valence-electron chi connectivity index (χ4n) is 1.38. The molecule has 0 radical (unpaired) electrons. The van der Waals surface area contributed by atoms with E-state index in [1.807, 2.05) is 42.3 Å². The van der Waals surface area contributed by atoms with Crippen LogP contribution in [-0.2, 0) is 11.8 Å². The van der Waals surface area contributed by atoms with Crippen molar-refractivity contribution in [2.45, 2.75) is 0 Å². The maximum absolute atomic E-state index is 4.84. The second kappa shape index (κ2) is 6.23. The summed E-state index contributed by atoms with van der Waals surface area (Å²) >= 11 is 1.57. The molecular formula is C12H16N2OS. The van der Waals surface area contributed by atoms with Gasteiger partial charge in [0.25, 0.3) is 0 Å². The van der Waals surface area contributed by atoms with Crippen LogP contribution in [0.4, 0.5) is 0 Å². The van der Waals surface area contributed by atoms with Crippen LogP contribution in [0.3, 0.4) is 0 Å². The number of hydrogen-bond acceptors (Lipinski definition) is 3. The summed E-state index contributed by atoms with van der Waals surface area (Å²) in [5.41, 5.74) is 2.10. The summed E-state index contributed by atoms with van der Waals surface area (Å²) < 4.78 is 6.87. The van der Waals surface area contributed by atoms with Crippen molar-refractivity contribution in [3.05, 3.63) is 41.7 Å². The van der Waals surface area contributed by atoms with Crippen molar-refractivity contribution in [1.29, 1.82) is 0 Å². The molecule has 0 amide bonds. The van der Waals surface area contributed by atoms with Gasteiger partial charge < -0.3 is 9.30 Å². The zero-order chi connectivity index (χ0) is 12.0. The molecule has 1 aromatic rings. The molecule has 0 saturated carbocycles. The number of ether oxygens (including phenoxy) is 1. The lowest BCUT2D eigenvalue weighted by Gasteiger charge is -2.07. The number of rotatable bonds is 5. The van der Waals surface area contributed by atoms with E-state index >= 15 is 0 Å². The number of hydrogen-bond donors (Lipinski definition) is 0. The van der Waals surface area contributed by atoms with Crippen molar-refractivity contribution < 1.29 is 4.74 Å². The molecule has 16 heavy (non-hydrogen) atoms. The Bertz CT molecular complexity index is 418. The van der Waals surface area contributed by atoms with Gasteiger partial charge in [-0.2, -0.15) is 0 Å². The summed E-state index contributed by atoms with van der Waals surface area (Å²) in [7, 11) is 3.58. The van der Waals surface area contributed by atoms with Crippen LogP contribution in [0, 0.1) is 0 Å². The van der Waals surface area contributed by atoms with E-state index in [1.165, 1.54) is 6.40 Å². The van der Waals surface area contributed by atoms with Crippen molar-refractivity contribution in [2.75, 3.05) is 13.4 Å². The van der Waals surface area contributed by atoms with Crippen molar-refractivity contribution in [1.82, 2.24) is 4.57 Å². The first kappa shape index (κ1) is 12.6. The van der Waals surface area contributed by atoms with E-state index in [0.29, 0.717) is 0 Å². The summed E-state index contributed by atoms with van der Waals surface area (Å²) in [6.07, 6.45) is 7.22. The highest BCUT2D eigenvalue weighted by Crippen LogP contribution is 2.27. The predicted molar refractivity (Wildman–Crippen MR) is 71.5 cm³/mol. The van der Waals surface area contributed by atoms with Gasteiger partial charge in [-0.25, -0.2) is 4.99 Å². The van der Waals surface area contributed by atoms with Gasteiger partial charge in [-0.05, 0) is 18.4 Å². The van der Waals surface area contributed by atoms with Crippen LogP contribution in [0.1, 0.15) is 5.69 Å². The second-order valence-electron chi connectivity index (χ2n) is 3.10. The molecule has 86 valence electrons. The second-order valence-corrected chi connectivity index (χ2v) is 3.90. The van der Waals surface area contributed by atoms with Gasteiger partial charge in [0, 0.05) is 18.8 Å². The molecule has 0 aliphatic carbocycles. The molecule has 1 rings (SSSR count). The lowest BCUT2D eigenvalue weighted by molar-refractivity contribution is 0.423. The lowest BCUT2D eigenvalue weighted by atomic mass is 10.2. The summed E-state index contributed by atoms with van der Waals surface area (Å²) in [6.45, 7) is 3.84. The first-order valence-electron chi connectivity index (χ1n) is 4.82. The third kappa shape index (κ3) is 2.79. The Labute approximate surface area is 101 Å². The van der Waals surface area contributed by atoms with Crippen molar-refractivity contribution in [3.8, 4) is 0 Å². The van der Waals surface area contributed by atoms with Crippen LogP contribution in [-0.4, -0.2) is 24.3 Å².